The standard InChI is InChI=1S/C16H24ClN3O/c1-12(11-20-7-3-2-4-8-20)10-19-16(21)13-5-6-15(18)14(17)9-13/h5-6,9,12H,2-4,7-8,10-11,18H2,1H3,(H,19,21). The van der Waals surface area contributed by atoms with E-state index in [-0.39, 0.29) is 5.91 Å². The molecule has 0 saturated carbocycles. The summed E-state index contributed by atoms with van der Waals surface area (Å²) in [6.07, 6.45) is 3.94. The van der Waals surface area contributed by atoms with Crippen molar-refractivity contribution in [3.8, 4) is 0 Å². The molecule has 0 radical (unpaired) electrons. The SMILES string of the molecule is CC(CNC(=O)c1ccc(N)c(Cl)c1)CN1CCCCC1. The van der Waals surface area contributed by atoms with Gasteiger partial charge in [-0.2, -0.15) is 0 Å². The number of benzene rings is 1. The van der Waals surface area contributed by atoms with E-state index in [9.17, 15) is 4.79 Å². The number of halogens is 1. The second kappa shape index (κ2) is 7.66. The fourth-order valence-electron chi connectivity index (χ4n) is 2.68. The lowest BCUT2D eigenvalue weighted by Crippen LogP contribution is -2.38. The van der Waals surface area contributed by atoms with Gasteiger partial charge in [0.05, 0.1) is 10.7 Å². The van der Waals surface area contributed by atoms with Crippen LogP contribution in [0.3, 0.4) is 0 Å². The van der Waals surface area contributed by atoms with Gasteiger partial charge in [0, 0.05) is 18.7 Å². The molecule has 116 valence electrons. The molecule has 1 unspecified atom stereocenters. The van der Waals surface area contributed by atoms with Gasteiger partial charge in [-0.05, 0) is 50.0 Å². The molecule has 21 heavy (non-hydrogen) atoms. The van der Waals surface area contributed by atoms with Crippen molar-refractivity contribution in [3.63, 3.8) is 0 Å². The van der Waals surface area contributed by atoms with Crippen LogP contribution >= 0.6 is 11.6 Å². The fraction of sp³-hybridized carbons (Fsp3) is 0.562. The minimum absolute atomic E-state index is 0.0950. The van der Waals surface area contributed by atoms with Crippen molar-refractivity contribution in [2.75, 3.05) is 31.9 Å². The van der Waals surface area contributed by atoms with Gasteiger partial charge in [0.2, 0.25) is 0 Å². The largest absolute Gasteiger partial charge is 0.398 e. The van der Waals surface area contributed by atoms with E-state index in [4.69, 9.17) is 17.3 Å². The van der Waals surface area contributed by atoms with E-state index < -0.39 is 0 Å². The Kier molecular flexibility index (Phi) is 5.88. The lowest BCUT2D eigenvalue weighted by molar-refractivity contribution is 0.0942. The maximum Gasteiger partial charge on any atom is 0.251 e. The minimum atomic E-state index is -0.0950. The van der Waals surface area contributed by atoms with Crippen LogP contribution in [0.5, 0.6) is 0 Å². The van der Waals surface area contributed by atoms with E-state index >= 15 is 0 Å². The highest BCUT2D eigenvalue weighted by molar-refractivity contribution is 6.33. The number of piperidine rings is 1. The Morgan fingerprint density at radius 2 is 2.10 bits per heavy atom. The van der Waals surface area contributed by atoms with Gasteiger partial charge in [-0.3, -0.25) is 4.79 Å². The van der Waals surface area contributed by atoms with Crippen molar-refractivity contribution in [1.82, 2.24) is 10.2 Å². The predicted octanol–water partition coefficient (Wildman–Crippen LogP) is 2.77. The van der Waals surface area contributed by atoms with Gasteiger partial charge in [-0.15, -0.1) is 0 Å². The summed E-state index contributed by atoms with van der Waals surface area (Å²) in [6.45, 7) is 6.27. The first-order chi connectivity index (χ1) is 10.1. The Hall–Kier alpha value is -1.26. The van der Waals surface area contributed by atoms with E-state index in [1.807, 2.05) is 0 Å². The summed E-state index contributed by atoms with van der Waals surface area (Å²) in [5.74, 6) is 0.346. The summed E-state index contributed by atoms with van der Waals surface area (Å²) < 4.78 is 0. The molecule has 1 atom stereocenters. The molecule has 2 rings (SSSR count). The number of hydrogen-bond donors (Lipinski definition) is 2. The first-order valence-electron chi connectivity index (χ1n) is 7.62. The number of carbonyl (C=O) groups is 1. The lowest BCUT2D eigenvalue weighted by atomic mass is 10.1. The maximum absolute atomic E-state index is 12.1. The molecule has 0 bridgehead atoms. The van der Waals surface area contributed by atoms with Gasteiger partial charge >= 0.3 is 0 Å². The van der Waals surface area contributed by atoms with Gasteiger partial charge in [-0.1, -0.05) is 24.9 Å². The summed E-state index contributed by atoms with van der Waals surface area (Å²) in [7, 11) is 0. The third-order valence-corrected chi connectivity index (χ3v) is 4.22. The van der Waals surface area contributed by atoms with E-state index in [1.54, 1.807) is 18.2 Å². The van der Waals surface area contributed by atoms with Gasteiger partial charge in [0.15, 0.2) is 0 Å². The van der Waals surface area contributed by atoms with E-state index in [0.29, 0.717) is 28.7 Å². The molecule has 1 heterocycles. The quantitative estimate of drug-likeness (QED) is 0.822. The topological polar surface area (TPSA) is 58.4 Å². The smallest absolute Gasteiger partial charge is 0.251 e. The van der Waals surface area contributed by atoms with Crippen molar-refractivity contribution in [2.45, 2.75) is 26.2 Å². The van der Waals surface area contributed by atoms with Gasteiger partial charge < -0.3 is 16.0 Å². The summed E-state index contributed by atoms with van der Waals surface area (Å²) in [6, 6.07) is 4.97. The molecule has 3 N–H and O–H groups in total. The predicted molar refractivity (Wildman–Crippen MR) is 87.7 cm³/mol. The Morgan fingerprint density at radius 3 is 2.76 bits per heavy atom. The van der Waals surface area contributed by atoms with Crippen molar-refractivity contribution in [3.05, 3.63) is 28.8 Å². The van der Waals surface area contributed by atoms with Crippen LogP contribution in [0, 0.1) is 5.92 Å². The Bertz CT molecular complexity index is 486. The number of nitrogens with two attached hydrogens (primary N) is 1. The van der Waals surface area contributed by atoms with Crippen molar-refractivity contribution >= 4 is 23.2 Å². The summed E-state index contributed by atoms with van der Waals surface area (Å²) in [5.41, 5.74) is 6.69. The van der Waals surface area contributed by atoms with E-state index in [0.717, 1.165) is 6.54 Å². The number of anilines is 1. The van der Waals surface area contributed by atoms with Crippen LogP contribution in [-0.4, -0.2) is 37.0 Å². The van der Waals surface area contributed by atoms with Gasteiger partial charge in [-0.25, -0.2) is 0 Å². The Labute approximate surface area is 131 Å². The molecule has 4 nitrogen and oxygen atoms in total. The monoisotopic (exact) mass is 309 g/mol. The van der Waals surface area contributed by atoms with E-state index in [1.165, 1.54) is 32.4 Å². The fourth-order valence-corrected chi connectivity index (χ4v) is 2.87. The maximum atomic E-state index is 12.1. The number of likely N-dealkylation sites (tertiary alicyclic amines) is 1. The molecule has 1 aromatic rings. The first kappa shape index (κ1) is 16.1. The summed E-state index contributed by atoms with van der Waals surface area (Å²) in [4.78, 5) is 14.6. The van der Waals surface area contributed by atoms with Crippen LogP contribution in [0.25, 0.3) is 0 Å². The third kappa shape index (κ3) is 4.90. The molecule has 1 amide bonds. The van der Waals surface area contributed by atoms with Crippen LogP contribution in [0.1, 0.15) is 36.5 Å². The van der Waals surface area contributed by atoms with Crippen LogP contribution < -0.4 is 11.1 Å². The molecule has 5 heteroatoms. The molecule has 1 fully saturated rings. The van der Waals surface area contributed by atoms with Crippen molar-refractivity contribution < 1.29 is 4.79 Å². The van der Waals surface area contributed by atoms with Crippen LogP contribution in [-0.2, 0) is 0 Å². The van der Waals surface area contributed by atoms with Crippen LogP contribution in [0.4, 0.5) is 5.69 Å². The van der Waals surface area contributed by atoms with Gasteiger partial charge in [0.1, 0.15) is 0 Å². The molecule has 1 saturated heterocycles. The third-order valence-electron chi connectivity index (χ3n) is 3.89. The number of nitrogen functional groups attached to an aromatic ring is 1. The van der Waals surface area contributed by atoms with E-state index in [2.05, 4.69) is 17.1 Å². The average molecular weight is 310 g/mol. The minimum Gasteiger partial charge on any atom is -0.398 e. The van der Waals surface area contributed by atoms with Crippen LogP contribution in [0.15, 0.2) is 18.2 Å². The molecule has 0 aromatic heterocycles. The number of nitrogens with zero attached hydrogens (tertiary/aromatic N) is 1. The molecular weight excluding hydrogens is 286 g/mol. The highest BCUT2D eigenvalue weighted by Gasteiger charge is 2.14. The van der Waals surface area contributed by atoms with Gasteiger partial charge in [0.25, 0.3) is 5.91 Å². The second-order valence-electron chi connectivity index (χ2n) is 5.91. The highest BCUT2D eigenvalue weighted by atomic mass is 35.5. The second-order valence-corrected chi connectivity index (χ2v) is 6.32. The number of amides is 1. The van der Waals surface area contributed by atoms with Crippen molar-refractivity contribution in [1.29, 1.82) is 0 Å². The zero-order valence-corrected chi connectivity index (χ0v) is 13.3. The molecule has 1 aliphatic rings. The summed E-state index contributed by atoms with van der Waals surface area (Å²) in [5, 5.41) is 3.39. The number of nitrogens with one attached hydrogen (secondary N) is 1. The number of carbonyl (C=O) groups excluding carboxylic acids is 1. The Balaban J connectivity index is 1.78. The summed E-state index contributed by atoms with van der Waals surface area (Å²) >= 11 is 5.94. The zero-order chi connectivity index (χ0) is 15.2. The normalized spacial score (nSPS) is 17.4. The molecule has 0 spiro atoms. The Morgan fingerprint density at radius 1 is 1.38 bits per heavy atom. The number of hydrogen-bond acceptors (Lipinski definition) is 3. The highest BCUT2D eigenvalue weighted by Crippen LogP contribution is 2.19. The lowest BCUT2D eigenvalue weighted by Gasteiger charge is -2.29. The molecule has 1 aliphatic heterocycles. The number of rotatable bonds is 5. The van der Waals surface area contributed by atoms with Crippen LogP contribution in [0.2, 0.25) is 5.02 Å². The molecule has 1 aromatic carbocycles. The first-order valence-corrected chi connectivity index (χ1v) is 7.99. The van der Waals surface area contributed by atoms with Crippen molar-refractivity contribution in [2.24, 2.45) is 5.92 Å². The molecule has 0 aliphatic carbocycles. The molecular formula is C16H24ClN3O. The average Bonchev–Trinajstić information content (AvgIpc) is 2.48. The zero-order valence-electron chi connectivity index (χ0n) is 12.6.